The van der Waals surface area contributed by atoms with Gasteiger partial charge in [-0.2, -0.15) is 0 Å². The third-order valence-electron chi connectivity index (χ3n) is 6.72. The van der Waals surface area contributed by atoms with Crippen LogP contribution >= 0.6 is 0 Å². The molecule has 0 aliphatic carbocycles. The highest BCUT2D eigenvalue weighted by atomic mass is 19.1. The largest absolute Gasteiger partial charge is 0.489 e. The van der Waals surface area contributed by atoms with Crippen LogP contribution in [0.15, 0.2) is 54.7 Å². The summed E-state index contributed by atoms with van der Waals surface area (Å²) in [5, 5.41) is 2.84. The fraction of sp³-hybridized carbons (Fsp3) is 0.379. The van der Waals surface area contributed by atoms with Gasteiger partial charge in [0, 0.05) is 25.0 Å². The Morgan fingerprint density at radius 1 is 1.11 bits per heavy atom. The fourth-order valence-electron chi connectivity index (χ4n) is 4.94. The Balaban J connectivity index is 1.30. The minimum atomic E-state index is -0.357. The quantitative estimate of drug-likeness (QED) is 0.464. The highest BCUT2D eigenvalue weighted by Gasteiger charge is 2.26. The normalized spacial score (nSPS) is 15.9. The first-order chi connectivity index (χ1) is 17.9. The molecule has 1 N–H and O–H groups in total. The molecule has 0 saturated carbocycles. The van der Waals surface area contributed by atoms with Crippen LogP contribution in [0.1, 0.15) is 42.6 Å². The maximum Gasteiger partial charge on any atom is 0.259 e. The summed E-state index contributed by atoms with van der Waals surface area (Å²) in [5.41, 5.74) is 3.19. The monoisotopic (exact) mass is 504 g/mol. The van der Waals surface area contributed by atoms with Crippen molar-refractivity contribution in [1.82, 2.24) is 4.98 Å². The Labute approximate surface area is 217 Å². The Hall–Kier alpha value is -3.65. The molecule has 0 spiro atoms. The van der Waals surface area contributed by atoms with Crippen LogP contribution in [0.5, 0.6) is 5.75 Å². The molecule has 1 amide bonds. The van der Waals surface area contributed by atoms with Crippen molar-refractivity contribution in [2.75, 3.05) is 41.4 Å². The minimum absolute atomic E-state index is 0.194. The zero-order valence-electron chi connectivity index (χ0n) is 21.5. The number of hydrogen-bond acceptors (Lipinski definition) is 6. The van der Waals surface area contributed by atoms with Crippen molar-refractivity contribution in [2.24, 2.45) is 0 Å². The van der Waals surface area contributed by atoms with E-state index in [0.29, 0.717) is 35.8 Å². The molecule has 7 nitrogen and oxygen atoms in total. The summed E-state index contributed by atoms with van der Waals surface area (Å²) in [4.78, 5) is 21.8. The molecule has 8 heteroatoms. The van der Waals surface area contributed by atoms with Crippen molar-refractivity contribution >= 4 is 28.8 Å². The molecule has 1 fully saturated rings. The number of pyridine rings is 1. The average Bonchev–Trinajstić information content (AvgIpc) is 2.89. The molecule has 5 rings (SSSR count). The number of carbonyl (C=O) groups is 1. The van der Waals surface area contributed by atoms with E-state index in [2.05, 4.69) is 10.3 Å². The number of ether oxygens (including phenoxy) is 2. The van der Waals surface area contributed by atoms with E-state index in [1.165, 1.54) is 6.07 Å². The number of aryl methyl sites for hydroxylation is 1. The molecule has 0 atom stereocenters. The van der Waals surface area contributed by atoms with Crippen molar-refractivity contribution in [2.45, 2.75) is 45.8 Å². The number of nitrogens with zero attached hydrogens (tertiary/aromatic N) is 3. The zero-order chi connectivity index (χ0) is 25.9. The number of aromatic nitrogens is 1. The molecular formula is C29H33FN4O3. The van der Waals surface area contributed by atoms with Crippen LogP contribution in [0.3, 0.4) is 0 Å². The molecule has 0 bridgehead atoms. The smallest absolute Gasteiger partial charge is 0.259 e. The van der Waals surface area contributed by atoms with Crippen LogP contribution in [-0.2, 0) is 4.74 Å². The van der Waals surface area contributed by atoms with Crippen LogP contribution in [-0.4, -0.2) is 49.3 Å². The Morgan fingerprint density at radius 2 is 1.92 bits per heavy atom. The highest BCUT2D eigenvalue weighted by Crippen LogP contribution is 2.39. The molecule has 0 unspecified atom stereocenters. The van der Waals surface area contributed by atoms with E-state index in [1.807, 2.05) is 61.0 Å². The lowest BCUT2D eigenvalue weighted by Crippen LogP contribution is -2.38. The van der Waals surface area contributed by atoms with E-state index in [9.17, 15) is 4.79 Å². The number of nitrogens with one attached hydrogen (secondary N) is 1. The third-order valence-corrected chi connectivity index (χ3v) is 6.72. The van der Waals surface area contributed by atoms with E-state index in [-0.39, 0.29) is 23.9 Å². The molecule has 194 valence electrons. The van der Waals surface area contributed by atoms with Crippen molar-refractivity contribution < 1.29 is 18.7 Å². The lowest BCUT2D eigenvalue weighted by Gasteiger charge is -2.34. The number of halogens is 1. The van der Waals surface area contributed by atoms with Crippen molar-refractivity contribution in [1.29, 1.82) is 0 Å². The summed E-state index contributed by atoms with van der Waals surface area (Å²) in [6.07, 6.45) is 3.96. The summed E-state index contributed by atoms with van der Waals surface area (Å²) >= 11 is 0. The Bertz CT molecular complexity index is 1260. The number of benzene rings is 2. The number of carbonyl (C=O) groups excluding carboxylic acids is 1. The van der Waals surface area contributed by atoms with E-state index in [4.69, 9.17) is 9.47 Å². The third kappa shape index (κ3) is 5.54. The highest BCUT2D eigenvalue weighted by molar-refractivity contribution is 6.07. The van der Waals surface area contributed by atoms with Crippen LogP contribution < -0.4 is 19.9 Å². The van der Waals surface area contributed by atoms with E-state index < -0.39 is 0 Å². The molecule has 2 aliphatic rings. The molecule has 2 aromatic carbocycles. The predicted molar refractivity (Wildman–Crippen MR) is 144 cm³/mol. The van der Waals surface area contributed by atoms with Gasteiger partial charge in [0.05, 0.1) is 35.7 Å². The number of para-hydroxylation sites is 1. The fourth-order valence-corrected chi connectivity index (χ4v) is 4.94. The molecular weight excluding hydrogens is 471 g/mol. The van der Waals surface area contributed by atoms with Gasteiger partial charge in [-0.05, 0) is 75.6 Å². The topological polar surface area (TPSA) is 66.9 Å². The molecule has 37 heavy (non-hydrogen) atoms. The van der Waals surface area contributed by atoms with E-state index in [0.717, 1.165) is 43.0 Å². The molecule has 3 heterocycles. The van der Waals surface area contributed by atoms with E-state index in [1.54, 1.807) is 18.2 Å². The first-order valence-corrected chi connectivity index (χ1v) is 12.9. The standard InChI is InChI=1S/C29H33FN4O3/c1-19(2)37-22-11-13-33(14-12-22)25-9-8-21(17-24(25)30)32-29(35)23-5-4-6-26-28(23)36-16-15-34(26)27-10-7-20(3)18-31-27/h4-10,17-19,22H,11-16H2,1-3H3,(H,32,35). The number of fused-ring (bicyclic) bond motifs is 1. The van der Waals surface area contributed by atoms with Gasteiger partial charge >= 0.3 is 0 Å². The van der Waals surface area contributed by atoms with Gasteiger partial charge in [0.25, 0.3) is 5.91 Å². The van der Waals surface area contributed by atoms with Crippen molar-refractivity contribution in [3.8, 4) is 5.75 Å². The molecule has 1 aromatic heterocycles. The molecule has 0 radical (unpaired) electrons. The van der Waals surface area contributed by atoms with Gasteiger partial charge < -0.3 is 24.6 Å². The second kappa shape index (κ2) is 10.8. The number of piperidine rings is 1. The van der Waals surface area contributed by atoms with Crippen LogP contribution in [0.2, 0.25) is 0 Å². The van der Waals surface area contributed by atoms with Gasteiger partial charge in [0.2, 0.25) is 0 Å². The summed E-state index contributed by atoms with van der Waals surface area (Å²) in [5.74, 6) is 0.584. The van der Waals surface area contributed by atoms with Gasteiger partial charge in [0.1, 0.15) is 18.2 Å². The summed E-state index contributed by atoms with van der Waals surface area (Å²) in [6.45, 7) is 8.59. The lowest BCUT2D eigenvalue weighted by atomic mass is 10.1. The first-order valence-electron chi connectivity index (χ1n) is 12.9. The average molecular weight is 505 g/mol. The molecule has 1 saturated heterocycles. The predicted octanol–water partition coefficient (Wildman–Crippen LogP) is 5.71. The minimum Gasteiger partial charge on any atom is -0.489 e. The zero-order valence-corrected chi connectivity index (χ0v) is 21.5. The van der Waals surface area contributed by atoms with Crippen molar-refractivity contribution in [3.63, 3.8) is 0 Å². The van der Waals surface area contributed by atoms with Gasteiger partial charge in [0.15, 0.2) is 5.75 Å². The van der Waals surface area contributed by atoms with Crippen LogP contribution in [0, 0.1) is 12.7 Å². The summed E-state index contributed by atoms with van der Waals surface area (Å²) < 4.78 is 26.9. The van der Waals surface area contributed by atoms with Crippen LogP contribution in [0.4, 0.5) is 27.3 Å². The maximum atomic E-state index is 15.1. The number of hydrogen-bond donors (Lipinski definition) is 1. The second-order valence-electron chi connectivity index (χ2n) is 9.84. The number of rotatable bonds is 6. The second-order valence-corrected chi connectivity index (χ2v) is 9.84. The Kier molecular flexibility index (Phi) is 7.28. The van der Waals surface area contributed by atoms with Gasteiger partial charge in [-0.25, -0.2) is 9.37 Å². The van der Waals surface area contributed by atoms with Crippen molar-refractivity contribution in [3.05, 3.63) is 71.7 Å². The molecule has 2 aliphatic heterocycles. The number of amides is 1. The van der Waals surface area contributed by atoms with Gasteiger partial charge in [-0.3, -0.25) is 4.79 Å². The van der Waals surface area contributed by atoms with Crippen LogP contribution in [0.25, 0.3) is 0 Å². The SMILES string of the molecule is Cc1ccc(N2CCOc3c(C(=O)Nc4ccc(N5CCC(OC(C)C)CC5)c(F)c4)cccc32)nc1. The van der Waals surface area contributed by atoms with E-state index >= 15 is 4.39 Å². The maximum absolute atomic E-state index is 15.1. The Morgan fingerprint density at radius 3 is 2.62 bits per heavy atom. The summed E-state index contributed by atoms with van der Waals surface area (Å²) in [7, 11) is 0. The summed E-state index contributed by atoms with van der Waals surface area (Å²) in [6, 6.07) is 14.3. The lowest BCUT2D eigenvalue weighted by molar-refractivity contribution is -0.00484. The van der Waals surface area contributed by atoms with Gasteiger partial charge in [-0.1, -0.05) is 12.1 Å². The number of anilines is 4. The first kappa shape index (κ1) is 25.0. The molecule has 3 aromatic rings. The van der Waals surface area contributed by atoms with Gasteiger partial charge in [-0.15, -0.1) is 0 Å².